The van der Waals surface area contributed by atoms with Crippen LogP contribution < -0.4 is 0 Å². The second-order valence-corrected chi connectivity index (χ2v) is 9.53. The van der Waals surface area contributed by atoms with Crippen molar-refractivity contribution in [3.63, 3.8) is 0 Å². The zero-order chi connectivity index (χ0) is 21.0. The number of nitrogens with one attached hydrogen (secondary N) is 1. The average Bonchev–Trinajstić information content (AvgIpc) is 3.12. The van der Waals surface area contributed by atoms with Crippen molar-refractivity contribution in [1.29, 1.82) is 0 Å². The van der Waals surface area contributed by atoms with E-state index in [-0.39, 0.29) is 27.4 Å². The zero-order valence-electron chi connectivity index (χ0n) is 14.9. The lowest BCUT2D eigenvalue weighted by molar-refractivity contribution is -0.137. The van der Waals surface area contributed by atoms with Gasteiger partial charge in [-0.1, -0.05) is 28.9 Å². The number of H-pyrrole nitrogens is 1. The van der Waals surface area contributed by atoms with Crippen LogP contribution in [-0.4, -0.2) is 29.1 Å². The number of pyridine rings is 2. The molecule has 4 aromatic rings. The number of halogens is 4. The highest BCUT2D eigenvalue weighted by Crippen LogP contribution is 2.40. The molecule has 1 N–H and O–H groups in total. The van der Waals surface area contributed by atoms with E-state index in [0.29, 0.717) is 15.4 Å². The van der Waals surface area contributed by atoms with Gasteiger partial charge in [0.1, 0.15) is 11.4 Å². The molecule has 0 fully saturated rings. The number of hydrogen-bond donors (Lipinski definition) is 1. The third-order valence-corrected chi connectivity index (χ3v) is 6.76. The molecule has 0 bridgehead atoms. The van der Waals surface area contributed by atoms with E-state index in [1.165, 1.54) is 25.3 Å². The van der Waals surface area contributed by atoms with Crippen LogP contribution >= 0.6 is 15.9 Å². The van der Waals surface area contributed by atoms with Gasteiger partial charge in [-0.2, -0.15) is 13.2 Å². The standard InChI is InChI=1S/C19H13BrF3N3O2S/c1-2-29(27,28)16-7-10-3-4-11(20)8-14(10)26-18(16)17-12(19(21,22)23)9-15-13(25-17)5-6-24-15/h3-9,24H,2H2,1H3. The molecule has 3 aromatic heterocycles. The van der Waals surface area contributed by atoms with Gasteiger partial charge >= 0.3 is 6.18 Å². The van der Waals surface area contributed by atoms with Gasteiger partial charge in [0.05, 0.1) is 32.8 Å². The van der Waals surface area contributed by atoms with E-state index < -0.39 is 27.3 Å². The number of aromatic nitrogens is 3. The van der Waals surface area contributed by atoms with E-state index >= 15 is 0 Å². The van der Waals surface area contributed by atoms with E-state index in [1.54, 1.807) is 18.2 Å². The van der Waals surface area contributed by atoms with Crippen LogP contribution in [0.3, 0.4) is 0 Å². The Morgan fingerprint density at radius 1 is 1.03 bits per heavy atom. The maximum absolute atomic E-state index is 13.8. The normalized spacial score (nSPS) is 12.7. The summed E-state index contributed by atoms with van der Waals surface area (Å²) in [5, 5.41) is 0.500. The monoisotopic (exact) mass is 483 g/mol. The Hall–Kier alpha value is -2.46. The average molecular weight is 484 g/mol. The Bertz CT molecular complexity index is 1360. The molecule has 4 rings (SSSR count). The van der Waals surface area contributed by atoms with Crippen molar-refractivity contribution < 1.29 is 21.6 Å². The fraction of sp³-hybridized carbons (Fsp3) is 0.158. The van der Waals surface area contributed by atoms with Crippen LogP contribution in [0.1, 0.15) is 12.5 Å². The Balaban J connectivity index is 2.16. The highest BCUT2D eigenvalue weighted by Gasteiger charge is 2.37. The predicted octanol–water partition coefficient (Wildman–Crippen LogP) is 5.35. The van der Waals surface area contributed by atoms with Gasteiger partial charge in [-0.25, -0.2) is 18.4 Å². The van der Waals surface area contributed by atoms with Gasteiger partial charge < -0.3 is 4.98 Å². The quantitative estimate of drug-likeness (QED) is 0.425. The second-order valence-electron chi connectivity index (χ2n) is 6.37. The maximum atomic E-state index is 13.8. The molecule has 0 amide bonds. The molecule has 150 valence electrons. The lowest BCUT2D eigenvalue weighted by atomic mass is 10.1. The van der Waals surface area contributed by atoms with Crippen LogP contribution in [0.15, 0.2) is 52.0 Å². The third-order valence-electron chi connectivity index (χ3n) is 4.52. The summed E-state index contributed by atoms with van der Waals surface area (Å²) in [6.07, 6.45) is -3.28. The Kier molecular flexibility index (Phi) is 4.66. The molecule has 0 spiro atoms. The molecule has 0 radical (unpaired) electrons. The van der Waals surface area contributed by atoms with E-state index in [2.05, 4.69) is 30.9 Å². The Morgan fingerprint density at radius 3 is 2.45 bits per heavy atom. The summed E-state index contributed by atoms with van der Waals surface area (Å²) < 4.78 is 67.6. The minimum absolute atomic E-state index is 0.199. The van der Waals surface area contributed by atoms with E-state index in [4.69, 9.17) is 0 Å². The summed E-state index contributed by atoms with van der Waals surface area (Å²) in [6.45, 7) is 1.43. The van der Waals surface area contributed by atoms with Gasteiger partial charge in [0.25, 0.3) is 0 Å². The molecule has 0 unspecified atom stereocenters. The summed E-state index contributed by atoms with van der Waals surface area (Å²) in [7, 11) is -3.87. The minimum atomic E-state index is -4.75. The smallest absolute Gasteiger partial charge is 0.360 e. The Morgan fingerprint density at radius 2 is 1.76 bits per heavy atom. The highest BCUT2D eigenvalue weighted by atomic mass is 79.9. The van der Waals surface area contributed by atoms with Crippen molar-refractivity contribution in [2.45, 2.75) is 18.0 Å². The zero-order valence-corrected chi connectivity index (χ0v) is 17.3. The molecule has 0 aliphatic carbocycles. The fourth-order valence-electron chi connectivity index (χ4n) is 3.06. The summed E-state index contributed by atoms with van der Waals surface area (Å²) >= 11 is 3.30. The van der Waals surface area contributed by atoms with E-state index in [1.807, 2.05) is 0 Å². The van der Waals surface area contributed by atoms with Crippen LogP contribution in [-0.2, 0) is 16.0 Å². The fourth-order valence-corrected chi connectivity index (χ4v) is 4.46. The first-order valence-electron chi connectivity index (χ1n) is 8.49. The third kappa shape index (κ3) is 3.51. The van der Waals surface area contributed by atoms with Gasteiger partial charge in [-0.3, -0.25) is 0 Å². The lowest BCUT2D eigenvalue weighted by Crippen LogP contribution is -2.13. The molecule has 3 heterocycles. The van der Waals surface area contributed by atoms with Crippen LogP contribution in [0.2, 0.25) is 0 Å². The van der Waals surface area contributed by atoms with Crippen LogP contribution in [0.4, 0.5) is 13.2 Å². The first-order valence-corrected chi connectivity index (χ1v) is 10.9. The van der Waals surface area contributed by atoms with Crippen LogP contribution in [0.5, 0.6) is 0 Å². The van der Waals surface area contributed by atoms with Crippen molar-refractivity contribution in [2.24, 2.45) is 0 Å². The van der Waals surface area contributed by atoms with Gasteiger partial charge in [0, 0.05) is 16.1 Å². The number of fused-ring (bicyclic) bond motifs is 2. The Labute approximate surface area is 172 Å². The molecule has 0 saturated heterocycles. The first-order chi connectivity index (χ1) is 13.6. The topological polar surface area (TPSA) is 75.7 Å². The van der Waals surface area contributed by atoms with Crippen LogP contribution in [0, 0.1) is 0 Å². The molecule has 0 aliphatic rings. The number of aromatic amines is 1. The predicted molar refractivity (Wildman–Crippen MR) is 107 cm³/mol. The van der Waals surface area contributed by atoms with Crippen molar-refractivity contribution >= 4 is 47.7 Å². The van der Waals surface area contributed by atoms with Gasteiger partial charge in [-0.15, -0.1) is 0 Å². The number of rotatable bonds is 3. The van der Waals surface area contributed by atoms with Crippen LogP contribution in [0.25, 0.3) is 33.3 Å². The molecule has 0 aliphatic heterocycles. The maximum Gasteiger partial charge on any atom is 0.418 e. The SMILES string of the molecule is CCS(=O)(=O)c1cc2ccc(Br)cc2nc1-c1nc2cc[nH]c2cc1C(F)(F)F. The number of hydrogen-bond acceptors (Lipinski definition) is 4. The first kappa shape index (κ1) is 19.8. The number of benzene rings is 1. The second kappa shape index (κ2) is 6.81. The van der Waals surface area contributed by atoms with Crippen molar-refractivity contribution in [2.75, 3.05) is 5.75 Å². The number of nitrogens with zero attached hydrogens (tertiary/aromatic N) is 2. The summed E-state index contributed by atoms with van der Waals surface area (Å²) in [6, 6.07) is 8.77. The number of sulfone groups is 1. The summed E-state index contributed by atoms with van der Waals surface area (Å²) in [4.78, 5) is 10.8. The van der Waals surface area contributed by atoms with Gasteiger partial charge in [-0.05, 0) is 30.3 Å². The largest absolute Gasteiger partial charge is 0.418 e. The molecule has 10 heteroatoms. The molecule has 5 nitrogen and oxygen atoms in total. The van der Waals surface area contributed by atoms with Crippen molar-refractivity contribution in [3.05, 3.63) is 52.6 Å². The summed E-state index contributed by atoms with van der Waals surface area (Å²) in [5.74, 6) is -0.280. The molecule has 1 aromatic carbocycles. The van der Waals surface area contributed by atoms with Crippen molar-refractivity contribution in [3.8, 4) is 11.4 Å². The summed E-state index contributed by atoms with van der Waals surface area (Å²) in [5.41, 5.74) is -1.05. The molecule has 0 atom stereocenters. The highest BCUT2D eigenvalue weighted by molar-refractivity contribution is 9.10. The van der Waals surface area contributed by atoms with E-state index in [9.17, 15) is 21.6 Å². The molecular formula is C19H13BrF3N3O2S. The molecule has 29 heavy (non-hydrogen) atoms. The molecule has 0 saturated carbocycles. The van der Waals surface area contributed by atoms with Gasteiger partial charge in [0.15, 0.2) is 9.84 Å². The lowest BCUT2D eigenvalue weighted by Gasteiger charge is -2.15. The van der Waals surface area contributed by atoms with Crippen molar-refractivity contribution in [1.82, 2.24) is 15.0 Å². The van der Waals surface area contributed by atoms with Gasteiger partial charge in [0.2, 0.25) is 0 Å². The minimum Gasteiger partial charge on any atom is -0.360 e. The number of alkyl halides is 3. The molecular weight excluding hydrogens is 471 g/mol. The van der Waals surface area contributed by atoms with E-state index in [0.717, 1.165) is 6.07 Å².